The van der Waals surface area contributed by atoms with Crippen LogP contribution in [-0.4, -0.2) is 4.92 Å². The number of nitrogens with zero attached hydrogens (tertiary/aromatic N) is 1. The molecule has 0 atom stereocenters. The molecular weight excluding hydrogens is 252 g/mol. The first kappa shape index (κ1) is 12.5. The molecule has 0 aliphatic rings. The first-order chi connectivity index (χ1) is 8.66. The number of benzene rings is 1. The summed E-state index contributed by atoms with van der Waals surface area (Å²) in [4.78, 5) is 11.2. The number of nitrogens with two attached hydrogens (primary N) is 1. The molecule has 5 nitrogen and oxygen atoms in total. The molecule has 94 valence electrons. The van der Waals surface area contributed by atoms with Gasteiger partial charge in [0, 0.05) is 10.9 Å². The summed E-state index contributed by atoms with van der Waals surface area (Å²) in [5, 5.41) is 12.6. The number of rotatable bonds is 5. The van der Waals surface area contributed by atoms with Crippen molar-refractivity contribution in [2.24, 2.45) is 0 Å². The van der Waals surface area contributed by atoms with Crippen LogP contribution in [0.25, 0.3) is 0 Å². The third-order valence-electron chi connectivity index (χ3n) is 2.38. The van der Waals surface area contributed by atoms with E-state index in [2.05, 4.69) is 0 Å². The minimum Gasteiger partial charge on any atom is -0.393 e. The Hall–Kier alpha value is -1.92. The minimum atomic E-state index is -0.494. The molecule has 6 heteroatoms. The lowest BCUT2D eigenvalue weighted by Gasteiger charge is -2.04. The molecule has 2 rings (SSSR count). The summed E-state index contributed by atoms with van der Waals surface area (Å²) in [5.41, 5.74) is 6.51. The van der Waals surface area contributed by atoms with Crippen molar-refractivity contribution >= 4 is 22.7 Å². The monoisotopic (exact) mass is 264 g/mol. The zero-order valence-corrected chi connectivity index (χ0v) is 10.4. The Labute approximate surface area is 108 Å². The van der Waals surface area contributed by atoms with Gasteiger partial charge in [0.25, 0.3) is 5.69 Å². The van der Waals surface area contributed by atoms with Crippen LogP contribution in [0.2, 0.25) is 0 Å². The SMILES string of the molecule is Nc1cc(COCc2cccs2)ccc1[N+](=O)[O-]. The Balaban J connectivity index is 1.94. The van der Waals surface area contributed by atoms with Gasteiger partial charge in [-0.2, -0.15) is 0 Å². The van der Waals surface area contributed by atoms with Crippen molar-refractivity contribution in [1.82, 2.24) is 0 Å². The van der Waals surface area contributed by atoms with E-state index < -0.39 is 4.92 Å². The third kappa shape index (κ3) is 3.06. The highest BCUT2D eigenvalue weighted by Crippen LogP contribution is 2.22. The first-order valence-corrected chi connectivity index (χ1v) is 6.17. The van der Waals surface area contributed by atoms with Crippen molar-refractivity contribution in [1.29, 1.82) is 0 Å². The van der Waals surface area contributed by atoms with Gasteiger partial charge in [-0.1, -0.05) is 6.07 Å². The van der Waals surface area contributed by atoms with Crippen LogP contribution in [0, 0.1) is 10.1 Å². The van der Waals surface area contributed by atoms with Crippen molar-refractivity contribution in [3.8, 4) is 0 Å². The summed E-state index contributed by atoms with van der Waals surface area (Å²) in [7, 11) is 0. The molecule has 1 aromatic carbocycles. The van der Waals surface area contributed by atoms with Crippen molar-refractivity contribution in [3.63, 3.8) is 0 Å². The fourth-order valence-corrected chi connectivity index (χ4v) is 2.16. The van der Waals surface area contributed by atoms with Crippen LogP contribution >= 0.6 is 11.3 Å². The van der Waals surface area contributed by atoms with Crippen molar-refractivity contribution in [3.05, 3.63) is 56.3 Å². The zero-order valence-electron chi connectivity index (χ0n) is 9.54. The van der Waals surface area contributed by atoms with Crippen LogP contribution in [0.5, 0.6) is 0 Å². The smallest absolute Gasteiger partial charge is 0.292 e. The number of thiophene rings is 1. The van der Waals surface area contributed by atoms with Gasteiger partial charge in [-0.15, -0.1) is 11.3 Å². The second-order valence-corrected chi connectivity index (χ2v) is 4.75. The molecule has 0 spiro atoms. The molecule has 2 aromatic rings. The van der Waals surface area contributed by atoms with E-state index in [4.69, 9.17) is 10.5 Å². The fourth-order valence-electron chi connectivity index (χ4n) is 1.52. The molecule has 0 saturated heterocycles. The minimum absolute atomic E-state index is 0.0722. The van der Waals surface area contributed by atoms with E-state index in [0.717, 1.165) is 10.4 Å². The highest BCUT2D eigenvalue weighted by atomic mass is 32.1. The van der Waals surface area contributed by atoms with Gasteiger partial charge in [-0.25, -0.2) is 0 Å². The molecule has 0 aliphatic carbocycles. The van der Waals surface area contributed by atoms with Crippen LogP contribution < -0.4 is 5.73 Å². The summed E-state index contributed by atoms with van der Waals surface area (Å²) >= 11 is 1.63. The van der Waals surface area contributed by atoms with Gasteiger partial charge < -0.3 is 10.5 Å². The van der Waals surface area contributed by atoms with Crippen LogP contribution in [0.1, 0.15) is 10.4 Å². The summed E-state index contributed by atoms with van der Waals surface area (Å²) in [6.45, 7) is 0.925. The van der Waals surface area contributed by atoms with Gasteiger partial charge in [0.1, 0.15) is 5.69 Å². The predicted octanol–water partition coefficient (Wildman–Crippen LogP) is 2.96. The predicted molar refractivity (Wildman–Crippen MR) is 70.3 cm³/mol. The van der Waals surface area contributed by atoms with E-state index >= 15 is 0 Å². The van der Waals surface area contributed by atoms with Crippen molar-refractivity contribution in [2.45, 2.75) is 13.2 Å². The summed E-state index contributed by atoms with van der Waals surface area (Å²) in [6, 6.07) is 8.59. The first-order valence-electron chi connectivity index (χ1n) is 5.30. The molecule has 0 bridgehead atoms. The van der Waals surface area contributed by atoms with Crippen molar-refractivity contribution < 1.29 is 9.66 Å². The van der Waals surface area contributed by atoms with Crippen molar-refractivity contribution in [2.75, 3.05) is 5.73 Å². The molecule has 1 heterocycles. The van der Waals surface area contributed by atoms with Crippen LogP contribution in [0.15, 0.2) is 35.7 Å². The molecule has 1 aromatic heterocycles. The highest BCUT2D eigenvalue weighted by molar-refractivity contribution is 7.09. The number of nitrogen functional groups attached to an aromatic ring is 1. The third-order valence-corrected chi connectivity index (χ3v) is 3.23. The lowest BCUT2D eigenvalue weighted by Crippen LogP contribution is -1.98. The van der Waals surface area contributed by atoms with E-state index in [1.807, 2.05) is 17.5 Å². The molecule has 0 saturated carbocycles. The van der Waals surface area contributed by atoms with E-state index in [1.54, 1.807) is 23.5 Å². The number of hydrogen-bond donors (Lipinski definition) is 1. The molecule has 0 fully saturated rings. The quantitative estimate of drug-likeness (QED) is 0.511. The normalized spacial score (nSPS) is 10.4. The second-order valence-electron chi connectivity index (χ2n) is 3.72. The Kier molecular flexibility index (Phi) is 3.91. The van der Waals surface area contributed by atoms with Gasteiger partial charge in [-0.05, 0) is 29.1 Å². The lowest BCUT2D eigenvalue weighted by molar-refractivity contribution is -0.383. The van der Waals surface area contributed by atoms with Crippen LogP contribution in [-0.2, 0) is 18.0 Å². The summed E-state index contributed by atoms with van der Waals surface area (Å²) in [6.07, 6.45) is 0. The van der Waals surface area contributed by atoms with Gasteiger partial charge in [0.15, 0.2) is 0 Å². The van der Waals surface area contributed by atoms with Crippen LogP contribution in [0.3, 0.4) is 0 Å². The number of nitro groups is 1. The maximum atomic E-state index is 10.6. The van der Waals surface area contributed by atoms with Gasteiger partial charge in [0.2, 0.25) is 0 Å². The topological polar surface area (TPSA) is 78.4 Å². The van der Waals surface area contributed by atoms with E-state index in [9.17, 15) is 10.1 Å². The highest BCUT2D eigenvalue weighted by Gasteiger charge is 2.10. The molecule has 0 amide bonds. The Morgan fingerprint density at radius 2 is 2.17 bits per heavy atom. The van der Waals surface area contributed by atoms with E-state index in [0.29, 0.717) is 13.2 Å². The molecule has 0 unspecified atom stereocenters. The number of hydrogen-bond acceptors (Lipinski definition) is 5. The number of ether oxygens (including phenoxy) is 1. The summed E-state index contributed by atoms with van der Waals surface area (Å²) < 4.78 is 5.50. The maximum Gasteiger partial charge on any atom is 0.292 e. The fraction of sp³-hybridized carbons (Fsp3) is 0.167. The Morgan fingerprint density at radius 1 is 1.33 bits per heavy atom. The maximum absolute atomic E-state index is 10.6. The zero-order chi connectivity index (χ0) is 13.0. The van der Waals surface area contributed by atoms with Gasteiger partial charge in [0.05, 0.1) is 18.1 Å². The number of anilines is 1. The molecule has 0 radical (unpaired) electrons. The number of nitro benzene ring substituents is 1. The molecule has 18 heavy (non-hydrogen) atoms. The average Bonchev–Trinajstić information content (AvgIpc) is 2.81. The second kappa shape index (κ2) is 5.61. The van der Waals surface area contributed by atoms with Gasteiger partial charge >= 0.3 is 0 Å². The van der Waals surface area contributed by atoms with Crippen LogP contribution in [0.4, 0.5) is 11.4 Å². The molecular formula is C12H12N2O3S. The standard InChI is InChI=1S/C12H12N2O3S/c13-11-6-9(3-4-12(11)14(15)16)7-17-8-10-2-1-5-18-10/h1-6H,7-8,13H2. The molecule has 2 N–H and O–H groups in total. The average molecular weight is 264 g/mol. The Bertz CT molecular complexity index is 540. The summed E-state index contributed by atoms with van der Waals surface area (Å²) in [5.74, 6) is 0. The van der Waals surface area contributed by atoms with E-state index in [1.165, 1.54) is 6.07 Å². The lowest BCUT2D eigenvalue weighted by atomic mass is 10.2. The Morgan fingerprint density at radius 3 is 2.78 bits per heavy atom. The van der Waals surface area contributed by atoms with Gasteiger partial charge in [-0.3, -0.25) is 10.1 Å². The molecule has 0 aliphatic heterocycles. The largest absolute Gasteiger partial charge is 0.393 e. The van der Waals surface area contributed by atoms with E-state index in [-0.39, 0.29) is 11.4 Å².